The van der Waals surface area contributed by atoms with Crippen LogP contribution in [-0.2, 0) is 9.53 Å². The van der Waals surface area contributed by atoms with Crippen LogP contribution in [0.2, 0.25) is 0 Å². The van der Waals surface area contributed by atoms with Crippen molar-refractivity contribution in [1.82, 2.24) is 0 Å². The van der Waals surface area contributed by atoms with Gasteiger partial charge in [0.2, 0.25) is 0 Å². The Labute approximate surface area is 101 Å². The summed E-state index contributed by atoms with van der Waals surface area (Å²) >= 11 is 0. The van der Waals surface area contributed by atoms with Gasteiger partial charge in [0.05, 0.1) is 7.11 Å². The minimum atomic E-state index is -0.479. The summed E-state index contributed by atoms with van der Waals surface area (Å²) < 4.78 is 10.8. The molecule has 2 fully saturated rings. The van der Waals surface area contributed by atoms with E-state index in [0.29, 0.717) is 6.42 Å². The SMILES string of the molecule is COc1ccc(C2OC23CCCCC3=O)cc1. The molecule has 0 N–H and O–H groups in total. The van der Waals surface area contributed by atoms with E-state index in [9.17, 15) is 4.79 Å². The van der Waals surface area contributed by atoms with E-state index in [2.05, 4.69) is 0 Å². The Morgan fingerprint density at radius 3 is 2.71 bits per heavy atom. The Balaban J connectivity index is 1.80. The number of benzene rings is 1. The summed E-state index contributed by atoms with van der Waals surface area (Å²) in [5, 5.41) is 0. The molecular formula is C14H16O3. The highest BCUT2D eigenvalue weighted by Gasteiger charge is 2.62. The maximum atomic E-state index is 11.9. The molecule has 1 aliphatic heterocycles. The fourth-order valence-electron chi connectivity index (χ4n) is 2.72. The quantitative estimate of drug-likeness (QED) is 0.736. The van der Waals surface area contributed by atoms with Crippen molar-refractivity contribution in [3.63, 3.8) is 0 Å². The summed E-state index contributed by atoms with van der Waals surface area (Å²) in [5.41, 5.74) is 0.605. The number of epoxide rings is 1. The molecule has 1 saturated carbocycles. The minimum absolute atomic E-state index is 0.0267. The average molecular weight is 232 g/mol. The number of Topliss-reactive ketones (excluding diaryl/α,β-unsaturated/α-hetero) is 1. The van der Waals surface area contributed by atoms with Crippen molar-refractivity contribution in [3.8, 4) is 5.75 Å². The van der Waals surface area contributed by atoms with Crippen LogP contribution in [0.5, 0.6) is 5.75 Å². The summed E-state index contributed by atoms with van der Waals surface area (Å²) in [6.45, 7) is 0. The van der Waals surface area contributed by atoms with E-state index in [0.717, 1.165) is 30.6 Å². The second-order valence-corrected chi connectivity index (χ2v) is 4.79. The van der Waals surface area contributed by atoms with Crippen molar-refractivity contribution >= 4 is 5.78 Å². The lowest BCUT2D eigenvalue weighted by atomic mass is 9.83. The molecule has 3 heteroatoms. The minimum Gasteiger partial charge on any atom is -0.497 e. The highest BCUT2D eigenvalue weighted by molar-refractivity contribution is 5.91. The molecule has 17 heavy (non-hydrogen) atoms. The third-order valence-electron chi connectivity index (χ3n) is 3.79. The van der Waals surface area contributed by atoms with Crippen LogP contribution in [-0.4, -0.2) is 18.5 Å². The van der Waals surface area contributed by atoms with E-state index in [-0.39, 0.29) is 11.9 Å². The Morgan fingerprint density at radius 1 is 1.29 bits per heavy atom. The molecule has 1 spiro atoms. The van der Waals surface area contributed by atoms with Crippen LogP contribution in [0, 0.1) is 0 Å². The Morgan fingerprint density at radius 2 is 2.06 bits per heavy atom. The molecule has 2 aliphatic rings. The maximum absolute atomic E-state index is 11.9. The van der Waals surface area contributed by atoms with Gasteiger partial charge in [0.25, 0.3) is 0 Å². The molecule has 0 bridgehead atoms. The molecule has 90 valence electrons. The first-order valence-electron chi connectivity index (χ1n) is 6.11. The smallest absolute Gasteiger partial charge is 0.167 e. The zero-order valence-electron chi connectivity index (χ0n) is 9.94. The van der Waals surface area contributed by atoms with E-state index in [1.54, 1.807) is 7.11 Å². The Kier molecular flexibility index (Phi) is 2.44. The lowest BCUT2D eigenvalue weighted by molar-refractivity contribution is -0.125. The lowest BCUT2D eigenvalue weighted by Gasteiger charge is -2.17. The molecule has 1 aliphatic carbocycles. The van der Waals surface area contributed by atoms with Crippen molar-refractivity contribution in [2.45, 2.75) is 37.4 Å². The molecule has 0 radical (unpaired) electrons. The molecule has 1 saturated heterocycles. The largest absolute Gasteiger partial charge is 0.497 e. The second kappa shape index (κ2) is 3.84. The van der Waals surface area contributed by atoms with Crippen LogP contribution >= 0.6 is 0 Å². The van der Waals surface area contributed by atoms with Crippen LogP contribution in [0.1, 0.15) is 37.4 Å². The highest BCUT2D eigenvalue weighted by Crippen LogP contribution is 2.55. The summed E-state index contributed by atoms with van der Waals surface area (Å²) in [6, 6.07) is 7.80. The average Bonchev–Trinajstić information content (AvgIpc) is 3.09. The van der Waals surface area contributed by atoms with Gasteiger partial charge in [-0.2, -0.15) is 0 Å². The third kappa shape index (κ3) is 1.65. The summed E-state index contributed by atoms with van der Waals surface area (Å²) in [5.74, 6) is 1.11. The molecule has 2 unspecified atom stereocenters. The molecule has 3 rings (SSSR count). The van der Waals surface area contributed by atoms with Crippen molar-refractivity contribution in [3.05, 3.63) is 29.8 Å². The highest BCUT2D eigenvalue weighted by atomic mass is 16.6. The van der Waals surface area contributed by atoms with Crippen LogP contribution in [0.3, 0.4) is 0 Å². The standard InChI is InChI=1S/C14H16O3/c1-16-11-7-5-10(6-8-11)13-14(17-13)9-3-2-4-12(14)15/h5-8,13H,2-4,9H2,1H3. The van der Waals surface area contributed by atoms with Crippen molar-refractivity contribution < 1.29 is 14.3 Å². The number of ketones is 1. The van der Waals surface area contributed by atoms with Gasteiger partial charge >= 0.3 is 0 Å². The molecule has 1 aromatic carbocycles. The monoisotopic (exact) mass is 232 g/mol. The molecule has 3 nitrogen and oxygen atoms in total. The van der Waals surface area contributed by atoms with E-state index in [1.165, 1.54) is 0 Å². The van der Waals surface area contributed by atoms with Gasteiger partial charge in [0, 0.05) is 6.42 Å². The Bertz CT molecular complexity index is 437. The normalized spacial score (nSPS) is 31.6. The number of hydrogen-bond donors (Lipinski definition) is 0. The van der Waals surface area contributed by atoms with Crippen LogP contribution in [0.25, 0.3) is 0 Å². The molecule has 1 aromatic rings. The van der Waals surface area contributed by atoms with Gasteiger partial charge in [-0.1, -0.05) is 12.1 Å². The zero-order valence-corrected chi connectivity index (χ0v) is 9.94. The van der Waals surface area contributed by atoms with Gasteiger partial charge in [-0.05, 0) is 37.0 Å². The third-order valence-corrected chi connectivity index (χ3v) is 3.79. The molecule has 2 atom stereocenters. The Hall–Kier alpha value is -1.35. The van der Waals surface area contributed by atoms with Crippen molar-refractivity contribution in [1.29, 1.82) is 0 Å². The fourth-order valence-corrected chi connectivity index (χ4v) is 2.72. The first-order chi connectivity index (χ1) is 8.26. The molecule has 1 heterocycles. The van der Waals surface area contributed by atoms with E-state index in [1.807, 2.05) is 24.3 Å². The van der Waals surface area contributed by atoms with E-state index >= 15 is 0 Å². The fraction of sp³-hybridized carbons (Fsp3) is 0.500. The molecule has 0 amide bonds. The van der Waals surface area contributed by atoms with Gasteiger partial charge in [0.1, 0.15) is 11.9 Å². The predicted molar refractivity (Wildman–Crippen MR) is 63.0 cm³/mol. The number of methoxy groups -OCH3 is 1. The molecule has 0 aromatic heterocycles. The van der Waals surface area contributed by atoms with Gasteiger partial charge in [0.15, 0.2) is 11.4 Å². The van der Waals surface area contributed by atoms with Crippen molar-refractivity contribution in [2.75, 3.05) is 7.11 Å². The number of hydrogen-bond acceptors (Lipinski definition) is 3. The van der Waals surface area contributed by atoms with Gasteiger partial charge in [-0.25, -0.2) is 0 Å². The van der Waals surface area contributed by atoms with Gasteiger partial charge in [-0.3, -0.25) is 4.79 Å². The van der Waals surface area contributed by atoms with E-state index < -0.39 is 5.60 Å². The number of ether oxygens (including phenoxy) is 2. The second-order valence-electron chi connectivity index (χ2n) is 4.79. The first kappa shape index (κ1) is 10.8. The van der Waals surface area contributed by atoms with Crippen LogP contribution < -0.4 is 4.74 Å². The van der Waals surface area contributed by atoms with Gasteiger partial charge in [-0.15, -0.1) is 0 Å². The number of carbonyl (C=O) groups excluding carboxylic acids is 1. The van der Waals surface area contributed by atoms with E-state index in [4.69, 9.17) is 9.47 Å². The van der Waals surface area contributed by atoms with Gasteiger partial charge < -0.3 is 9.47 Å². The lowest BCUT2D eigenvalue weighted by Crippen LogP contribution is -2.28. The zero-order chi connectivity index (χ0) is 11.9. The number of carbonyl (C=O) groups is 1. The first-order valence-corrected chi connectivity index (χ1v) is 6.11. The molecular weight excluding hydrogens is 216 g/mol. The summed E-state index contributed by atoms with van der Waals surface area (Å²) in [7, 11) is 1.65. The van der Waals surface area contributed by atoms with Crippen molar-refractivity contribution in [2.24, 2.45) is 0 Å². The topological polar surface area (TPSA) is 38.8 Å². The number of rotatable bonds is 2. The summed E-state index contributed by atoms with van der Waals surface area (Å²) in [4.78, 5) is 11.9. The van der Waals surface area contributed by atoms with Crippen LogP contribution in [0.15, 0.2) is 24.3 Å². The maximum Gasteiger partial charge on any atom is 0.167 e. The summed E-state index contributed by atoms with van der Waals surface area (Å²) in [6.07, 6.45) is 3.63. The predicted octanol–water partition coefficient (Wildman–Crippen LogP) is 2.65. The van der Waals surface area contributed by atoms with Crippen LogP contribution in [0.4, 0.5) is 0 Å².